The summed E-state index contributed by atoms with van der Waals surface area (Å²) in [5, 5.41) is 0. The van der Waals surface area contributed by atoms with Crippen LogP contribution in [0, 0.1) is 0 Å². The van der Waals surface area contributed by atoms with Gasteiger partial charge in [-0.25, -0.2) is 9.97 Å². The molecule has 3 heteroatoms. The first-order valence-corrected chi connectivity index (χ1v) is 5.29. The van der Waals surface area contributed by atoms with E-state index < -0.39 is 0 Å². The van der Waals surface area contributed by atoms with Crippen LogP contribution < -0.4 is 5.73 Å². The summed E-state index contributed by atoms with van der Waals surface area (Å²) >= 11 is 0. The zero-order valence-corrected chi connectivity index (χ0v) is 9.25. The van der Waals surface area contributed by atoms with E-state index >= 15 is 0 Å². The van der Waals surface area contributed by atoms with Crippen molar-refractivity contribution in [3.8, 4) is 0 Å². The minimum absolute atomic E-state index is 0.438. The first kappa shape index (κ1) is 11.0. The highest BCUT2D eigenvalue weighted by Gasteiger charge is 2.12. The van der Waals surface area contributed by atoms with Crippen LogP contribution in [0.2, 0.25) is 0 Å². The lowest BCUT2D eigenvalue weighted by Gasteiger charge is -2.13. The van der Waals surface area contributed by atoms with Crippen LogP contribution in [0.1, 0.15) is 50.9 Å². The summed E-state index contributed by atoms with van der Waals surface area (Å²) in [7, 11) is 0. The van der Waals surface area contributed by atoms with Crippen LogP contribution in [-0.2, 0) is 6.42 Å². The fourth-order valence-corrected chi connectivity index (χ4v) is 1.69. The average molecular weight is 193 g/mol. The van der Waals surface area contributed by atoms with Crippen LogP contribution in [0.5, 0.6) is 0 Å². The van der Waals surface area contributed by atoms with Crippen LogP contribution in [0.25, 0.3) is 0 Å². The number of anilines is 1. The third-order valence-electron chi connectivity index (χ3n) is 2.52. The monoisotopic (exact) mass is 193 g/mol. The Labute approximate surface area is 85.8 Å². The first-order chi connectivity index (χ1) is 6.70. The molecule has 14 heavy (non-hydrogen) atoms. The molecule has 0 amide bonds. The van der Waals surface area contributed by atoms with Gasteiger partial charge in [-0.1, -0.05) is 27.2 Å². The Morgan fingerprint density at radius 1 is 1.36 bits per heavy atom. The van der Waals surface area contributed by atoms with Crippen LogP contribution in [-0.4, -0.2) is 9.97 Å². The Kier molecular flexibility index (Phi) is 3.86. The van der Waals surface area contributed by atoms with Gasteiger partial charge in [0.15, 0.2) is 0 Å². The molecule has 1 rings (SSSR count). The minimum atomic E-state index is 0.438. The quantitative estimate of drug-likeness (QED) is 0.799. The molecule has 0 aliphatic carbocycles. The number of nitrogens with zero attached hydrogens (tertiary/aromatic N) is 2. The fraction of sp³-hybridized carbons (Fsp3) is 0.636. The molecule has 2 N–H and O–H groups in total. The molecular formula is C11H19N3. The van der Waals surface area contributed by atoms with Crippen molar-refractivity contribution < 1.29 is 0 Å². The van der Waals surface area contributed by atoms with Gasteiger partial charge in [0.25, 0.3) is 0 Å². The molecule has 78 valence electrons. The molecule has 0 aromatic carbocycles. The Morgan fingerprint density at radius 2 is 2.07 bits per heavy atom. The second kappa shape index (κ2) is 4.94. The number of hydrogen-bond acceptors (Lipinski definition) is 3. The molecule has 0 saturated heterocycles. The summed E-state index contributed by atoms with van der Waals surface area (Å²) in [5.41, 5.74) is 8.77. The van der Waals surface area contributed by atoms with Crippen LogP contribution in [0.15, 0.2) is 6.33 Å². The highest BCUT2D eigenvalue weighted by molar-refractivity contribution is 5.48. The standard InChI is InChI=1S/C11H19N3/c1-4-6-8(3)11-10(12)9(5-2)13-7-14-11/h7-8H,4-6,12H2,1-3H3. The van der Waals surface area contributed by atoms with Crippen molar-refractivity contribution >= 4 is 5.69 Å². The van der Waals surface area contributed by atoms with Crippen molar-refractivity contribution in [3.05, 3.63) is 17.7 Å². The van der Waals surface area contributed by atoms with Gasteiger partial charge < -0.3 is 5.73 Å². The van der Waals surface area contributed by atoms with Gasteiger partial charge in [-0.15, -0.1) is 0 Å². The summed E-state index contributed by atoms with van der Waals surface area (Å²) in [6.07, 6.45) is 4.79. The number of rotatable bonds is 4. The summed E-state index contributed by atoms with van der Waals surface area (Å²) in [6, 6.07) is 0. The van der Waals surface area contributed by atoms with E-state index in [0.29, 0.717) is 5.92 Å². The molecule has 0 saturated carbocycles. The van der Waals surface area contributed by atoms with E-state index in [2.05, 4.69) is 30.7 Å². The van der Waals surface area contributed by atoms with Gasteiger partial charge in [-0.05, 0) is 12.8 Å². The maximum atomic E-state index is 6.00. The zero-order valence-electron chi connectivity index (χ0n) is 9.25. The molecule has 1 aromatic heterocycles. The van der Waals surface area contributed by atoms with E-state index in [9.17, 15) is 0 Å². The summed E-state index contributed by atoms with van der Waals surface area (Å²) in [4.78, 5) is 8.43. The van der Waals surface area contributed by atoms with Crippen molar-refractivity contribution in [1.82, 2.24) is 9.97 Å². The topological polar surface area (TPSA) is 51.8 Å². The number of nitrogen functional groups attached to an aromatic ring is 1. The zero-order chi connectivity index (χ0) is 10.6. The molecular weight excluding hydrogens is 174 g/mol. The number of aromatic nitrogens is 2. The summed E-state index contributed by atoms with van der Waals surface area (Å²) in [6.45, 7) is 6.41. The molecule has 0 aliphatic rings. The highest BCUT2D eigenvalue weighted by atomic mass is 14.9. The molecule has 0 radical (unpaired) electrons. The predicted octanol–water partition coefficient (Wildman–Crippen LogP) is 2.52. The first-order valence-electron chi connectivity index (χ1n) is 5.29. The predicted molar refractivity (Wildman–Crippen MR) is 59.1 cm³/mol. The lowest BCUT2D eigenvalue weighted by Crippen LogP contribution is -2.07. The molecule has 3 nitrogen and oxygen atoms in total. The van der Waals surface area contributed by atoms with E-state index in [0.717, 1.165) is 36.3 Å². The van der Waals surface area contributed by atoms with Crippen LogP contribution >= 0.6 is 0 Å². The Balaban J connectivity index is 2.96. The van der Waals surface area contributed by atoms with Gasteiger partial charge in [0.05, 0.1) is 17.1 Å². The van der Waals surface area contributed by atoms with E-state index in [-0.39, 0.29) is 0 Å². The molecule has 1 heterocycles. The summed E-state index contributed by atoms with van der Waals surface area (Å²) in [5.74, 6) is 0.438. The lowest BCUT2D eigenvalue weighted by molar-refractivity contribution is 0.645. The van der Waals surface area contributed by atoms with E-state index in [1.54, 1.807) is 6.33 Å². The van der Waals surface area contributed by atoms with E-state index in [1.165, 1.54) is 0 Å². The SMILES string of the molecule is CCCC(C)c1ncnc(CC)c1N. The van der Waals surface area contributed by atoms with Gasteiger partial charge in [-0.3, -0.25) is 0 Å². The molecule has 0 spiro atoms. The molecule has 0 fully saturated rings. The van der Waals surface area contributed by atoms with Gasteiger partial charge in [0, 0.05) is 5.92 Å². The van der Waals surface area contributed by atoms with Crippen molar-refractivity contribution in [2.45, 2.75) is 46.0 Å². The molecule has 1 unspecified atom stereocenters. The minimum Gasteiger partial charge on any atom is -0.396 e. The molecule has 1 aromatic rings. The third-order valence-corrected chi connectivity index (χ3v) is 2.52. The average Bonchev–Trinajstić information content (AvgIpc) is 2.18. The number of nitrogens with two attached hydrogens (primary N) is 1. The second-order valence-electron chi connectivity index (χ2n) is 3.66. The largest absolute Gasteiger partial charge is 0.396 e. The van der Waals surface area contributed by atoms with Crippen molar-refractivity contribution in [3.63, 3.8) is 0 Å². The van der Waals surface area contributed by atoms with Crippen molar-refractivity contribution in [1.29, 1.82) is 0 Å². The highest BCUT2D eigenvalue weighted by Crippen LogP contribution is 2.25. The van der Waals surface area contributed by atoms with E-state index in [4.69, 9.17) is 5.73 Å². The number of aryl methyl sites for hydroxylation is 1. The molecule has 1 atom stereocenters. The van der Waals surface area contributed by atoms with Gasteiger partial charge in [0.2, 0.25) is 0 Å². The third kappa shape index (κ3) is 2.22. The van der Waals surface area contributed by atoms with Crippen LogP contribution in [0.3, 0.4) is 0 Å². The molecule has 0 bridgehead atoms. The maximum absolute atomic E-state index is 6.00. The summed E-state index contributed by atoms with van der Waals surface area (Å²) < 4.78 is 0. The normalized spacial score (nSPS) is 12.8. The van der Waals surface area contributed by atoms with Crippen LogP contribution in [0.4, 0.5) is 5.69 Å². The smallest absolute Gasteiger partial charge is 0.116 e. The van der Waals surface area contributed by atoms with Gasteiger partial charge >= 0.3 is 0 Å². The van der Waals surface area contributed by atoms with Crippen molar-refractivity contribution in [2.75, 3.05) is 5.73 Å². The molecule has 0 aliphatic heterocycles. The lowest BCUT2D eigenvalue weighted by atomic mass is 9.99. The van der Waals surface area contributed by atoms with Gasteiger partial charge in [0.1, 0.15) is 6.33 Å². The second-order valence-corrected chi connectivity index (χ2v) is 3.66. The Morgan fingerprint density at radius 3 is 2.64 bits per heavy atom. The number of hydrogen-bond donors (Lipinski definition) is 1. The van der Waals surface area contributed by atoms with Crippen molar-refractivity contribution in [2.24, 2.45) is 0 Å². The maximum Gasteiger partial charge on any atom is 0.116 e. The Hall–Kier alpha value is -1.12. The fourth-order valence-electron chi connectivity index (χ4n) is 1.69. The van der Waals surface area contributed by atoms with Gasteiger partial charge in [-0.2, -0.15) is 0 Å². The van der Waals surface area contributed by atoms with E-state index in [1.807, 2.05) is 0 Å². The Bertz CT molecular complexity index is 297.